The van der Waals surface area contributed by atoms with E-state index in [9.17, 15) is 0 Å². The third kappa shape index (κ3) is 5.47. The highest BCUT2D eigenvalue weighted by atomic mass is 15.0. The summed E-state index contributed by atoms with van der Waals surface area (Å²) >= 11 is 0. The van der Waals surface area contributed by atoms with Gasteiger partial charge in [-0.15, -0.1) is 12.8 Å². The van der Waals surface area contributed by atoms with Crippen molar-refractivity contribution in [1.29, 1.82) is 0 Å². The van der Waals surface area contributed by atoms with Crippen molar-refractivity contribution >= 4 is 43.6 Å². The van der Waals surface area contributed by atoms with Crippen LogP contribution in [0.4, 0.5) is 0 Å². The number of rotatable bonds is 12. The summed E-state index contributed by atoms with van der Waals surface area (Å²) in [4.78, 5) is 0. The standard InChI is InChI=1S/C46H44N2/c1-5-9-11-19-29-47-39-27-25-33(7-3)31-37(39)43-42(36-23-17-14-18-24-36)46-44(41(45(43)47)35-21-15-13-16-22-35)38-32-34(8-4)26-28-40(38)48(46)30-20-12-10-6-2/h3-4,13-18,21-28,31-32H,5-6,9-12,19-20,29-30H2,1-2H3. The van der Waals surface area contributed by atoms with Crippen molar-refractivity contribution in [2.45, 2.75) is 78.3 Å². The molecule has 0 aliphatic rings. The Hall–Kier alpha value is -5.18. The van der Waals surface area contributed by atoms with E-state index in [-0.39, 0.29) is 0 Å². The SMILES string of the molecule is C#Cc1ccc2c(c1)c1c(-c3ccccc3)c3c(c(-c4ccccc4)c1n2CCCCCC)c1cc(C#C)ccc1n3CCCCCC. The van der Waals surface area contributed by atoms with Crippen LogP contribution in [-0.2, 0) is 13.1 Å². The lowest BCUT2D eigenvalue weighted by molar-refractivity contribution is 0.602. The molecule has 0 saturated heterocycles. The van der Waals surface area contributed by atoms with Crippen LogP contribution in [-0.4, -0.2) is 9.13 Å². The van der Waals surface area contributed by atoms with Crippen molar-refractivity contribution in [2.24, 2.45) is 0 Å². The van der Waals surface area contributed by atoms with Gasteiger partial charge in [-0.2, -0.15) is 0 Å². The van der Waals surface area contributed by atoms with Gasteiger partial charge in [0.25, 0.3) is 0 Å². The Bertz CT molecular complexity index is 2150. The van der Waals surface area contributed by atoms with Crippen LogP contribution in [0.1, 0.15) is 76.3 Å². The molecule has 5 aromatic carbocycles. The molecule has 0 radical (unpaired) electrons. The van der Waals surface area contributed by atoms with Gasteiger partial charge in [-0.3, -0.25) is 0 Å². The molecule has 0 fully saturated rings. The minimum atomic E-state index is 0.909. The maximum absolute atomic E-state index is 6.07. The third-order valence-electron chi connectivity index (χ3n) is 10.0. The molecule has 7 aromatic rings. The molecule has 0 atom stereocenters. The largest absolute Gasteiger partial charge is 0.340 e. The summed E-state index contributed by atoms with van der Waals surface area (Å²) in [5.74, 6) is 5.90. The average molecular weight is 625 g/mol. The zero-order chi connectivity index (χ0) is 33.0. The summed E-state index contributed by atoms with van der Waals surface area (Å²) < 4.78 is 5.20. The Labute approximate surface area is 285 Å². The van der Waals surface area contributed by atoms with Crippen molar-refractivity contribution in [3.63, 3.8) is 0 Å². The van der Waals surface area contributed by atoms with E-state index in [1.54, 1.807) is 0 Å². The first-order chi connectivity index (χ1) is 23.7. The third-order valence-corrected chi connectivity index (χ3v) is 10.0. The van der Waals surface area contributed by atoms with Gasteiger partial charge in [-0.25, -0.2) is 0 Å². The maximum Gasteiger partial charge on any atom is 0.0585 e. The molecule has 238 valence electrons. The number of unbranched alkanes of at least 4 members (excludes halogenated alkanes) is 6. The smallest absolute Gasteiger partial charge is 0.0585 e. The second-order valence-electron chi connectivity index (χ2n) is 13.1. The molecule has 0 aliphatic carbocycles. The number of benzene rings is 5. The van der Waals surface area contributed by atoms with Gasteiger partial charge >= 0.3 is 0 Å². The lowest BCUT2D eigenvalue weighted by Crippen LogP contribution is -2.02. The van der Waals surface area contributed by atoms with Crippen molar-refractivity contribution < 1.29 is 0 Å². The van der Waals surface area contributed by atoms with Crippen LogP contribution in [0.2, 0.25) is 0 Å². The molecule has 2 nitrogen and oxygen atoms in total. The number of nitrogens with zero attached hydrogens (tertiary/aromatic N) is 2. The van der Waals surface area contributed by atoms with Gasteiger partial charge in [-0.1, -0.05) is 125 Å². The molecular weight excluding hydrogens is 581 g/mol. The van der Waals surface area contributed by atoms with E-state index in [4.69, 9.17) is 12.8 Å². The summed E-state index contributed by atoms with van der Waals surface area (Å²) in [6, 6.07) is 35.2. The van der Waals surface area contributed by atoms with Crippen molar-refractivity contribution in [2.75, 3.05) is 0 Å². The molecule has 0 saturated carbocycles. The number of hydrogen-bond donors (Lipinski definition) is 0. The van der Waals surface area contributed by atoms with Crippen LogP contribution in [0, 0.1) is 24.7 Å². The maximum atomic E-state index is 6.07. The Kier molecular flexibility index (Phi) is 9.09. The Balaban J connectivity index is 1.75. The van der Waals surface area contributed by atoms with Crippen LogP contribution < -0.4 is 0 Å². The molecule has 2 heteroatoms. The van der Waals surface area contributed by atoms with E-state index in [1.807, 2.05) is 0 Å². The molecule has 0 N–H and O–H groups in total. The Morgan fingerprint density at radius 3 is 1.29 bits per heavy atom. The second-order valence-corrected chi connectivity index (χ2v) is 13.1. The predicted molar refractivity (Wildman–Crippen MR) is 207 cm³/mol. The topological polar surface area (TPSA) is 9.86 Å². The van der Waals surface area contributed by atoms with Crippen molar-refractivity contribution in [1.82, 2.24) is 9.13 Å². The van der Waals surface area contributed by atoms with Gasteiger partial charge in [0.1, 0.15) is 0 Å². The van der Waals surface area contributed by atoms with Crippen molar-refractivity contribution in [3.8, 4) is 46.9 Å². The van der Waals surface area contributed by atoms with E-state index < -0.39 is 0 Å². The molecule has 0 amide bonds. The first-order valence-electron chi connectivity index (χ1n) is 17.8. The minimum Gasteiger partial charge on any atom is -0.340 e. The van der Waals surface area contributed by atoms with E-state index in [0.29, 0.717) is 0 Å². The van der Waals surface area contributed by atoms with Crippen molar-refractivity contribution in [3.05, 3.63) is 108 Å². The van der Waals surface area contributed by atoms with Crippen LogP contribution in [0.25, 0.3) is 65.9 Å². The number of fused-ring (bicyclic) bond motifs is 6. The van der Waals surface area contributed by atoms with Crippen LogP contribution in [0.3, 0.4) is 0 Å². The van der Waals surface area contributed by atoms with Crippen LogP contribution in [0.15, 0.2) is 97.1 Å². The zero-order valence-electron chi connectivity index (χ0n) is 28.4. The Morgan fingerprint density at radius 1 is 0.500 bits per heavy atom. The summed E-state index contributed by atoms with van der Waals surface area (Å²) in [5.41, 5.74) is 11.9. The first-order valence-corrected chi connectivity index (χ1v) is 17.8. The fraction of sp³-hybridized carbons (Fsp3) is 0.261. The number of aryl methyl sites for hydroxylation is 2. The molecule has 48 heavy (non-hydrogen) atoms. The molecule has 7 rings (SSSR count). The van der Waals surface area contributed by atoms with Gasteiger partial charge in [0.2, 0.25) is 0 Å². The number of hydrogen-bond acceptors (Lipinski definition) is 0. The Morgan fingerprint density at radius 2 is 0.917 bits per heavy atom. The molecule has 2 aromatic heterocycles. The van der Waals surface area contributed by atoms with Gasteiger partial charge in [0, 0.05) is 67.9 Å². The second kappa shape index (κ2) is 13.9. The van der Waals surface area contributed by atoms with Crippen LogP contribution >= 0.6 is 0 Å². The highest BCUT2D eigenvalue weighted by Gasteiger charge is 2.28. The quantitative estimate of drug-likeness (QED) is 0.0945. The van der Waals surface area contributed by atoms with E-state index >= 15 is 0 Å². The fourth-order valence-corrected chi connectivity index (χ4v) is 7.78. The fourth-order valence-electron chi connectivity index (χ4n) is 7.78. The zero-order valence-corrected chi connectivity index (χ0v) is 28.4. The van der Waals surface area contributed by atoms with Gasteiger partial charge in [0.15, 0.2) is 0 Å². The van der Waals surface area contributed by atoms with Gasteiger partial charge < -0.3 is 9.13 Å². The van der Waals surface area contributed by atoms with E-state index in [0.717, 1.165) is 37.1 Å². The summed E-state index contributed by atoms with van der Waals surface area (Å²) in [6.45, 7) is 6.45. The molecule has 2 heterocycles. The molecular formula is C46H44N2. The molecule has 0 aliphatic heterocycles. The van der Waals surface area contributed by atoms with Gasteiger partial charge in [0.05, 0.1) is 11.0 Å². The van der Waals surface area contributed by atoms with Crippen LogP contribution in [0.5, 0.6) is 0 Å². The summed E-state index contributed by atoms with van der Waals surface area (Å²) in [5, 5.41) is 5.01. The van der Waals surface area contributed by atoms with E-state index in [2.05, 4.69) is 132 Å². The highest BCUT2D eigenvalue weighted by molar-refractivity contribution is 6.32. The van der Waals surface area contributed by atoms with Gasteiger partial charge in [-0.05, 0) is 60.4 Å². The number of aromatic nitrogens is 2. The normalized spacial score (nSPS) is 11.5. The monoisotopic (exact) mass is 624 g/mol. The average Bonchev–Trinajstić information content (AvgIpc) is 3.63. The minimum absolute atomic E-state index is 0.909. The molecule has 0 unspecified atom stereocenters. The predicted octanol–water partition coefficient (Wildman–Crippen LogP) is 12.4. The number of terminal acetylenes is 2. The first kappa shape index (κ1) is 31.4. The summed E-state index contributed by atoms with van der Waals surface area (Å²) in [6.07, 6.45) is 21.7. The summed E-state index contributed by atoms with van der Waals surface area (Å²) in [7, 11) is 0. The van der Waals surface area contributed by atoms with E-state index in [1.165, 1.54) is 104 Å². The molecule has 0 spiro atoms. The lowest BCUT2D eigenvalue weighted by atomic mass is 9.89. The highest BCUT2D eigenvalue weighted by Crippen LogP contribution is 2.51. The molecule has 0 bridgehead atoms. The lowest BCUT2D eigenvalue weighted by Gasteiger charge is -2.18.